The van der Waals surface area contributed by atoms with Crippen molar-refractivity contribution >= 4 is 17.6 Å². The Kier molecular flexibility index (Phi) is 6.75. The number of halogens is 1. The van der Waals surface area contributed by atoms with Crippen molar-refractivity contribution in [3.8, 4) is 0 Å². The van der Waals surface area contributed by atoms with E-state index >= 15 is 0 Å². The summed E-state index contributed by atoms with van der Waals surface area (Å²) in [5.74, 6) is -1.09. The first kappa shape index (κ1) is 19.2. The zero-order valence-electron chi connectivity index (χ0n) is 14.8. The Morgan fingerprint density at radius 2 is 1.76 bits per heavy atom. The van der Waals surface area contributed by atoms with Gasteiger partial charge in [0.05, 0.1) is 6.54 Å². The number of carboxylic acids is 1. The molecule has 1 aromatic carbocycles. The van der Waals surface area contributed by atoms with Crippen molar-refractivity contribution in [1.29, 1.82) is 0 Å². The monoisotopic (exact) mass is 351 g/mol. The van der Waals surface area contributed by atoms with Gasteiger partial charge in [-0.3, -0.25) is 14.5 Å². The molecule has 0 unspecified atom stereocenters. The Labute approximate surface area is 147 Å². The standard InChI is InChI=1S/C18H26FN3O3/c1-14(2)22(13-18(24)25)8-7-17(23)21-11-9-20(10-12-21)16-5-3-15(19)4-6-16/h3-6,14H,7-13H2,1-2H3,(H,24,25). The summed E-state index contributed by atoms with van der Waals surface area (Å²) < 4.78 is 13.0. The van der Waals surface area contributed by atoms with Crippen LogP contribution in [0, 0.1) is 5.82 Å². The number of aliphatic carboxylic acids is 1. The van der Waals surface area contributed by atoms with Crippen LogP contribution in [0.5, 0.6) is 0 Å². The van der Waals surface area contributed by atoms with E-state index in [0.29, 0.717) is 39.1 Å². The average molecular weight is 351 g/mol. The van der Waals surface area contributed by atoms with E-state index in [1.807, 2.05) is 18.7 Å². The van der Waals surface area contributed by atoms with Gasteiger partial charge in [-0.15, -0.1) is 0 Å². The fourth-order valence-corrected chi connectivity index (χ4v) is 2.96. The van der Waals surface area contributed by atoms with Gasteiger partial charge in [-0.2, -0.15) is 0 Å². The maximum Gasteiger partial charge on any atom is 0.317 e. The molecule has 1 fully saturated rings. The molecule has 0 spiro atoms. The molecule has 1 heterocycles. The molecule has 6 nitrogen and oxygen atoms in total. The van der Waals surface area contributed by atoms with Crippen LogP contribution in [0.15, 0.2) is 24.3 Å². The molecule has 0 saturated carbocycles. The van der Waals surface area contributed by atoms with E-state index < -0.39 is 5.97 Å². The first-order valence-corrected chi connectivity index (χ1v) is 8.61. The van der Waals surface area contributed by atoms with Gasteiger partial charge in [0.1, 0.15) is 5.82 Å². The van der Waals surface area contributed by atoms with Crippen LogP contribution in [0.3, 0.4) is 0 Å². The minimum atomic E-state index is -0.880. The quantitative estimate of drug-likeness (QED) is 0.809. The summed E-state index contributed by atoms with van der Waals surface area (Å²) in [7, 11) is 0. The lowest BCUT2D eigenvalue weighted by Gasteiger charge is -2.36. The van der Waals surface area contributed by atoms with Crippen molar-refractivity contribution in [2.45, 2.75) is 26.3 Å². The van der Waals surface area contributed by atoms with E-state index in [1.165, 1.54) is 12.1 Å². The normalized spacial score (nSPS) is 15.1. The van der Waals surface area contributed by atoms with Gasteiger partial charge in [0.15, 0.2) is 0 Å². The molecular formula is C18H26FN3O3. The molecular weight excluding hydrogens is 325 g/mol. The number of hydrogen-bond donors (Lipinski definition) is 1. The second-order valence-corrected chi connectivity index (χ2v) is 6.55. The summed E-state index contributed by atoms with van der Waals surface area (Å²) >= 11 is 0. The number of piperazine rings is 1. The van der Waals surface area contributed by atoms with Gasteiger partial charge in [-0.1, -0.05) is 0 Å². The molecule has 25 heavy (non-hydrogen) atoms. The van der Waals surface area contributed by atoms with Crippen LogP contribution in [-0.2, 0) is 9.59 Å². The second-order valence-electron chi connectivity index (χ2n) is 6.55. The van der Waals surface area contributed by atoms with Gasteiger partial charge < -0.3 is 14.9 Å². The number of anilines is 1. The zero-order valence-corrected chi connectivity index (χ0v) is 14.8. The van der Waals surface area contributed by atoms with Crippen LogP contribution < -0.4 is 4.90 Å². The number of benzene rings is 1. The Bertz CT molecular complexity index is 584. The number of amides is 1. The molecule has 0 atom stereocenters. The van der Waals surface area contributed by atoms with E-state index in [-0.39, 0.29) is 24.3 Å². The first-order chi connectivity index (χ1) is 11.9. The van der Waals surface area contributed by atoms with E-state index in [2.05, 4.69) is 4.90 Å². The fraction of sp³-hybridized carbons (Fsp3) is 0.556. The summed E-state index contributed by atoms with van der Waals surface area (Å²) in [6.45, 7) is 6.91. The lowest BCUT2D eigenvalue weighted by atomic mass is 10.2. The fourth-order valence-electron chi connectivity index (χ4n) is 2.96. The van der Waals surface area contributed by atoms with Crippen molar-refractivity contribution in [2.75, 3.05) is 44.2 Å². The predicted octanol–water partition coefficient (Wildman–Crippen LogP) is 1.66. The highest BCUT2D eigenvalue weighted by atomic mass is 19.1. The number of hydrogen-bond acceptors (Lipinski definition) is 4. The molecule has 1 N–H and O–H groups in total. The van der Waals surface area contributed by atoms with Gasteiger partial charge in [0, 0.05) is 50.9 Å². The molecule has 0 aliphatic carbocycles. The summed E-state index contributed by atoms with van der Waals surface area (Å²) in [5.41, 5.74) is 0.959. The lowest BCUT2D eigenvalue weighted by molar-refractivity contribution is -0.140. The minimum Gasteiger partial charge on any atom is -0.480 e. The molecule has 0 radical (unpaired) electrons. The Morgan fingerprint density at radius 1 is 1.16 bits per heavy atom. The molecule has 1 aliphatic rings. The van der Waals surface area contributed by atoms with Crippen LogP contribution in [0.25, 0.3) is 0 Å². The lowest BCUT2D eigenvalue weighted by Crippen LogP contribution is -2.49. The number of carboxylic acid groups (broad SMARTS) is 1. The van der Waals surface area contributed by atoms with Crippen LogP contribution in [-0.4, -0.2) is 72.1 Å². The maximum absolute atomic E-state index is 13.0. The number of carbonyl (C=O) groups is 2. The molecule has 7 heteroatoms. The summed E-state index contributed by atoms with van der Waals surface area (Å²) in [5, 5.41) is 8.94. The van der Waals surface area contributed by atoms with Gasteiger partial charge in [-0.05, 0) is 38.1 Å². The van der Waals surface area contributed by atoms with Gasteiger partial charge in [0.2, 0.25) is 5.91 Å². The summed E-state index contributed by atoms with van der Waals surface area (Å²) in [6, 6.07) is 6.46. The Hall–Kier alpha value is -2.15. The molecule has 1 aromatic rings. The average Bonchev–Trinajstić information content (AvgIpc) is 2.58. The SMILES string of the molecule is CC(C)N(CCC(=O)N1CCN(c2ccc(F)cc2)CC1)CC(=O)O. The third kappa shape index (κ3) is 5.70. The maximum atomic E-state index is 13.0. The van der Waals surface area contributed by atoms with Crippen molar-refractivity contribution in [3.63, 3.8) is 0 Å². The van der Waals surface area contributed by atoms with E-state index in [0.717, 1.165) is 5.69 Å². The van der Waals surface area contributed by atoms with Gasteiger partial charge >= 0.3 is 5.97 Å². The number of carbonyl (C=O) groups excluding carboxylic acids is 1. The molecule has 2 rings (SSSR count). The van der Waals surface area contributed by atoms with Crippen molar-refractivity contribution in [2.24, 2.45) is 0 Å². The van der Waals surface area contributed by atoms with Crippen molar-refractivity contribution in [3.05, 3.63) is 30.1 Å². The predicted molar refractivity (Wildman–Crippen MR) is 94.2 cm³/mol. The molecule has 0 bridgehead atoms. The van der Waals surface area contributed by atoms with Crippen molar-refractivity contribution < 1.29 is 19.1 Å². The number of rotatable bonds is 7. The Morgan fingerprint density at radius 3 is 2.28 bits per heavy atom. The topological polar surface area (TPSA) is 64.1 Å². The second kappa shape index (κ2) is 8.80. The molecule has 1 amide bonds. The molecule has 1 aliphatic heterocycles. The molecule has 138 valence electrons. The minimum absolute atomic E-state index is 0.0507. The highest BCUT2D eigenvalue weighted by Gasteiger charge is 2.22. The highest BCUT2D eigenvalue weighted by molar-refractivity contribution is 5.77. The zero-order chi connectivity index (χ0) is 18.4. The molecule has 0 aromatic heterocycles. The van der Waals surface area contributed by atoms with E-state index in [1.54, 1.807) is 17.0 Å². The number of nitrogens with zero attached hydrogens (tertiary/aromatic N) is 3. The van der Waals surface area contributed by atoms with Crippen LogP contribution >= 0.6 is 0 Å². The Balaban J connectivity index is 1.80. The van der Waals surface area contributed by atoms with E-state index in [9.17, 15) is 14.0 Å². The van der Waals surface area contributed by atoms with Crippen LogP contribution in [0.2, 0.25) is 0 Å². The smallest absolute Gasteiger partial charge is 0.317 e. The van der Waals surface area contributed by atoms with Crippen LogP contribution in [0.1, 0.15) is 20.3 Å². The largest absolute Gasteiger partial charge is 0.480 e. The molecule has 1 saturated heterocycles. The third-order valence-corrected chi connectivity index (χ3v) is 4.51. The third-order valence-electron chi connectivity index (χ3n) is 4.51. The van der Waals surface area contributed by atoms with E-state index in [4.69, 9.17) is 5.11 Å². The summed E-state index contributed by atoms with van der Waals surface area (Å²) in [6.07, 6.45) is 0.321. The highest BCUT2D eigenvalue weighted by Crippen LogP contribution is 2.17. The first-order valence-electron chi connectivity index (χ1n) is 8.61. The van der Waals surface area contributed by atoms with Crippen LogP contribution in [0.4, 0.5) is 10.1 Å². The summed E-state index contributed by atoms with van der Waals surface area (Å²) in [4.78, 5) is 29.0. The van der Waals surface area contributed by atoms with Gasteiger partial charge in [-0.25, -0.2) is 4.39 Å². The van der Waals surface area contributed by atoms with Gasteiger partial charge in [0.25, 0.3) is 0 Å². The van der Waals surface area contributed by atoms with Crippen molar-refractivity contribution in [1.82, 2.24) is 9.80 Å².